The lowest BCUT2D eigenvalue weighted by Crippen LogP contribution is -2.35. The van der Waals surface area contributed by atoms with E-state index in [0.29, 0.717) is 13.1 Å². The first-order valence-electron chi connectivity index (χ1n) is 6.29. The van der Waals surface area contributed by atoms with Crippen molar-refractivity contribution in [3.8, 4) is 0 Å². The molecule has 0 saturated heterocycles. The van der Waals surface area contributed by atoms with Gasteiger partial charge in [0.1, 0.15) is 0 Å². The molecule has 0 N–H and O–H groups in total. The topological polar surface area (TPSA) is 59.5 Å². The standard InChI is InChI=1S/C14H20N2O3/c1-11(2)14(18)16(8-6-13(17)19-3)10-12-5-4-7-15-9-12/h4-5,7,9,11H,6,8,10H2,1-3H3. The van der Waals surface area contributed by atoms with Crippen molar-refractivity contribution in [1.29, 1.82) is 0 Å². The number of methoxy groups -OCH3 is 1. The molecule has 0 aliphatic heterocycles. The van der Waals surface area contributed by atoms with Gasteiger partial charge in [-0.15, -0.1) is 0 Å². The van der Waals surface area contributed by atoms with Crippen LogP contribution in [-0.2, 0) is 20.9 Å². The molecule has 104 valence electrons. The summed E-state index contributed by atoms with van der Waals surface area (Å²) in [6, 6.07) is 3.74. The zero-order valence-corrected chi connectivity index (χ0v) is 11.6. The predicted octanol–water partition coefficient (Wildman–Crippen LogP) is 1.63. The summed E-state index contributed by atoms with van der Waals surface area (Å²) in [5.41, 5.74) is 0.946. The molecule has 5 nitrogen and oxygen atoms in total. The van der Waals surface area contributed by atoms with Gasteiger partial charge >= 0.3 is 5.97 Å². The van der Waals surface area contributed by atoms with Crippen molar-refractivity contribution in [3.05, 3.63) is 30.1 Å². The third kappa shape index (κ3) is 5.07. The Morgan fingerprint density at radius 2 is 2.16 bits per heavy atom. The Balaban J connectivity index is 2.69. The Kier molecular flexibility index (Phi) is 5.99. The first-order chi connectivity index (χ1) is 9.04. The van der Waals surface area contributed by atoms with Crippen LogP contribution in [0.15, 0.2) is 24.5 Å². The first kappa shape index (κ1) is 15.1. The smallest absolute Gasteiger partial charge is 0.307 e. The van der Waals surface area contributed by atoms with Gasteiger partial charge in [-0.05, 0) is 11.6 Å². The number of carbonyl (C=O) groups excluding carboxylic acids is 2. The minimum absolute atomic E-state index is 0.0211. The van der Waals surface area contributed by atoms with E-state index in [9.17, 15) is 9.59 Å². The van der Waals surface area contributed by atoms with Crippen LogP contribution in [0, 0.1) is 5.92 Å². The number of hydrogen-bond acceptors (Lipinski definition) is 4. The molecule has 1 heterocycles. The van der Waals surface area contributed by atoms with Crippen LogP contribution in [0.25, 0.3) is 0 Å². The molecule has 1 aromatic heterocycles. The van der Waals surface area contributed by atoms with E-state index >= 15 is 0 Å². The fraction of sp³-hybridized carbons (Fsp3) is 0.500. The Bertz CT molecular complexity index is 418. The molecular weight excluding hydrogens is 244 g/mol. The molecule has 1 amide bonds. The zero-order valence-electron chi connectivity index (χ0n) is 11.6. The molecule has 0 radical (unpaired) electrons. The number of nitrogens with zero attached hydrogens (tertiary/aromatic N) is 2. The number of rotatable bonds is 6. The summed E-state index contributed by atoms with van der Waals surface area (Å²) in [4.78, 5) is 29.0. The molecule has 0 bridgehead atoms. The predicted molar refractivity (Wildman–Crippen MR) is 71.1 cm³/mol. The van der Waals surface area contributed by atoms with Gasteiger partial charge < -0.3 is 9.64 Å². The number of aromatic nitrogens is 1. The van der Waals surface area contributed by atoms with Gasteiger partial charge in [0.2, 0.25) is 5.91 Å². The van der Waals surface area contributed by atoms with Crippen molar-refractivity contribution in [3.63, 3.8) is 0 Å². The highest BCUT2D eigenvalue weighted by molar-refractivity contribution is 5.79. The summed E-state index contributed by atoms with van der Waals surface area (Å²) in [6.07, 6.45) is 3.61. The highest BCUT2D eigenvalue weighted by Crippen LogP contribution is 2.09. The summed E-state index contributed by atoms with van der Waals surface area (Å²) >= 11 is 0. The molecule has 0 aromatic carbocycles. The summed E-state index contributed by atoms with van der Waals surface area (Å²) in [6.45, 7) is 4.51. The van der Waals surface area contributed by atoms with Crippen LogP contribution in [0.1, 0.15) is 25.8 Å². The molecule has 0 atom stereocenters. The molecule has 0 unspecified atom stereocenters. The summed E-state index contributed by atoms with van der Waals surface area (Å²) < 4.78 is 4.60. The van der Waals surface area contributed by atoms with Crippen LogP contribution in [0.3, 0.4) is 0 Å². The van der Waals surface area contributed by atoms with Crippen LogP contribution in [0.2, 0.25) is 0 Å². The van der Waals surface area contributed by atoms with Crippen molar-refractivity contribution in [2.24, 2.45) is 5.92 Å². The number of ether oxygens (including phenoxy) is 1. The fourth-order valence-electron chi connectivity index (χ4n) is 1.67. The van der Waals surface area contributed by atoms with Crippen molar-refractivity contribution < 1.29 is 14.3 Å². The van der Waals surface area contributed by atoms with E-state index in [4.69, 9.17) is 0 Å². The van der Waals surface area contributed by atoms with Crippen LogP contribution in [0.5, 0.6) is 0 Å². The maximum Gasteiger partial charge on any atom is 0.307 e. The first-order valence-corrected chi connectivity index (χ1v) is 6.29. The Labute approximate surface area is 113 Å². The quantitative estimate of drug-likeness (QED) is 0.733. The van der Waals surface area contributed by atoms with Crippen LogP contribution in [-0.4, -0.2) is 35.4 Å². The minimum atomic E-state index is -0.312. The number of hydrogen-bond donors (Lipinski definition) is 0. The molecule has 19 heavy (non-hydrogen) atoms. The molecule has 5 heteroatoms. The van der Waals surface area contributed by atoms with Crippen LogP contribution < -0.4 is 0 Å². The van der Waals surface area contributed by atoms with E-state index in [-0.39, 0.29) is 24.2 Å². The minimum Gasteiger partial charge on any atom is -0.469 e. The second-order valence-electron chi connectivity index (χ2n) is 4.60. The Morgan fingerprint density at radius 3 is 2.68 bits per heavy atom. The van der Waals surface area contributed by atoms with E-state index in [0.717, 1.165) is 5.56 Å². The zero-order chi connectivity index (χ0) is 14.3. The SMILES string of the molecule is COC(=O)CCN(Cc1cccnc1)C(=O)C(C)C. The molecule has 0 spiro atoms. The lowest BCUT2D eigenvalue weighted by Gasteiger charge is -2.24. The van der Waals surface area contributed by atoms with Gasteiger partial charge in [-0.2, -0.15) is 0 Å². The number of pyridine rings is 1. The third-order valence-corrected chi connectivity index (χ3v) is 2.72. The summed E-state index contributed by atoms with van der Waals surface area (Å²) in [5.74, 6) is -0.394. The number of esters is 1. The average Bonchev–Trinajstić information content (AvgIpc) is 2.43. The molecular formula is C14H20N2O3. The number of carbonyl (C=O) groups is 2. The Morgan fingerprint density at radius 1 is 1.42 bits per heavy atom. The molecule has 0 aliphatic rings. The maximum absolute atomic E-state index is 12.1. The summed E-state index contributed by atoms with van der Waals surface area (Å²) in [7, 11) is 1.35. The highest BCUT2D eigenvalue weighted by atomic mass is 16.5. The fourth-order valence-corrected chi connectivity index (χ4v) is 1.67. The van der Waals surface area contributed by atoms with E-state index in [1.807, 2.05) is 26.0 Å². The van der Waals surface area contributed by atoms with Gasteiger partial charge in [-0.3, -0.25) is 14.6 Å². The van der Waals surface area contributed by atoms with Crippen LogP contribution in [0.4, 0.5) is 0 Å². The summed E-state index contributed by atoms with van der Waals surface area (Å²) in [5, 5.41) is 0. The Hall–Kier alpha value is -1.91. The van der Waals surface area contributed by atoms with Gasteiger partial charge in [0.05, 0.1) is 13.5 Å². The maximum atomic E-state index is 12.1. The second-order valence-corrected chi connectivity index (χ2v) is 4.60. The van der Waals surface area contributed by atoms with E-state index in [1.165, 1.54) is 7.11 Å². The van der Waals surface area contributed by atoms with Crippen LogP contribution >= 0.6 is 0 Å². The van der Waals surface area contributed by atoms with Gasteiger partial charge in [0.25, 0.3) is 0 Å². The highest BCUT2D eigenvalue weighted by Gasteiger charge is 2.18. The lowest BCUT2D eigenvalue weighted by molar-refractivity contribution is -0.142. The lowest BCUT2D eigenvalue weighted by atomic mass is 10.1. The van der Waals surface area contributed by atoms with E-state index in [2.05, 4.69) is 9.72 Å². The van der Waals surface area contributed by atoms with Crippen molar-refractivity contribution in [1.82, 2.24) is 9.88 Å². The molecule has 0 aliphatic carbocycles. The van der Waals surface area contributed by atoms with E-state index < -0.39 is 0 Å². The second kappa shape index (κ2) is 7.51. The molecule has 0 saturated carbocycles. The van der Waals surface area contributed by atoms with E-state index in [1.54, 1.807) is 17.3 Å². The molecule has 1 rings (SSSR count). The van der Waals surface area contributed by atoms with Gasteiger partial charge in [0.15, 0.2) is 0 Å². The molecule has 1 aromatic rings. The average molecular weight is 264 g/mol. The largest absolute Gasteiger partial charge is 0.469 e. The van der Waals surface area contributed by atoms with Crippen molar-refractivity contribution in [2.45, 2.75) is 26.8 Å². The molecule has 0 fully saturated rings. The third-order valence-electron chi connectivity index (χ3n) is 2.72. The van der Waals surface area contributed by atoms with Gasteiger partial charge in [-0.1, -0.05) is 19.9 Å². The van der Waals surface area contributed by atoms with Gasteiger partial charge in [0, 0.05) is 31.4 Å². The van der Waals surface area contributed by atoms with Crippen molar-refractivity contribution >= 4 is 11.9 Å². The number of amides is 1. The normalized spacial score (nSPS) is 10.3. The van der Waals surface area contributed by atoms with Gasteiger partial charge in [-0.25, -0.2) is 0 Å². The monoisotopic (exact) mass is 264 g/mol. The van der Waals surface area contributed by atoms with Crippen molar-refractivity contribution in [2.75, 3.05) is 13.7 Å².